The summed E-state index contributed by atoms with van der Waals surface area (Å²) >= 11 is 0. The molecule has 7 rings (SSSR count). The minimum absolute atomic E-state index is 0.150. The number of ketones is 3. The van der Waals surface area contributed by atoms with Crippen molar-refractivity contribution in [2.24, 2.45) is 5.41 Å². The maximum absolute atomic E-state index is 14.4. The molecule has 2 aliphatic heterocycles. The molecule has 5 nitrogen and oxygen atoms in total. The lowest BCUT2D eigenvalue weighted by Gasteiger charge is -2.37. The van der Waals surface area contributed by atoms with Gasteiger partial charge in [0.2, 0.25) is 0 Å². The molecule has 1 fully saturated rings. The molecule has 3 heterocycles. The largest absolute Gasteiger partial charge is 0.469 e. The van der Waals surface area contributed by atoms with Crippen LogP contribution < -0.4 is 4.90 Å². The van der Waals surface area contributed by atoms with Gasteiger partial charge in [-0.3, -0.25) is 14.4 Å². The normalized spacial score (nSPS) is 22.7. The summed E-state index contributed by atoms with van der Waals surface area (Å²) in [4.78, 5) is 45.3. The van der Waals surface area contributed by atoms with Gasteiger partial charge in [-0.05, 0) is 36.2 Å². The molecule has 1 saturated heterocycles. The van der Waals surface area contributed by atoms with Crippen LogP contribution in [0.25, 0.3) is 6.08 Å². The molecule has 3 aromatic carbocycles. The van der Waals surface area contributed by atoms with Crippen LogP contribution in [0.15, 0.2) is 102 Å². The molecule has 4 aromatic rings. The van der Waals surface area contributed by atoms with E-state index in [1.165, 1.54) is 6.26 Å². The number of hydrogen-bond donors (Lipinski definition) is 0. The average molecular weight is 486 g/mol. The molecule has 1 spiro atoms. The van der Waals surface area contributed by atoms with Crippen molar-refractivity contribution in [1.82, 2.24) is 0 Å². The lowest BCUT2D eigenvalue weighted by Crippen LogP contribution is -2.48. The van der Waals surface area contributed by atoms with E-state index < -0.39 is 23.4 Å². The number of rotatable bonds is 3. The molecule has 0 N–H and O–H groups in total. The first-order valence-electron chi connectivity index (χ1n) is 12.4. The summed E-state index contributed by atoms with van der Waals surface area (Å²) < 4.78 is 5.93. The average Bonchev–Trinajstić information content (AvgIpc) is 3.62. The van der Waals surface area contributed by atoms with Gasteiger partial charge in [-0.1, -0.05) is 78.9 Å². The van der Waals surface area contributed by atoms with Crippen LogP contribution in [0.5, 0.6) is 0 Å². The van der Waals surface area contributed by atoms with Crippen molar-refractivity contribution in [1.29, 1.82) is 0 Å². The maximum Gasteiger partial charge on any atom is 0.186 e. The van der Waals surface area contributed by atoms with E-state index in [1.807, 2.05) is 60.4 Å². The third-order valence-electron chi connectivity index (χ3n) is 8.14. The second-order valence-electron chi connectivity index (χ2n) is 10.0. The monoisotopic (exact) mass is 485 g/mol. The molecule has 37 heavy (non-hydrogen) atoms. The number of hydrogen-bond acceptors (Lipinski definition) is 5. The van der Waals surface area contributed by atoms with E-state index >= 15 is 0 Å². The van der Waals surface area contributed by atoms with Crippen LogP contribution in [-0.4, -0.2) is 29.4 Å². The number of nitrogens with zero attached hydrogens (tertiary/aromatic N) is 1. The van der Waals surface area contributed by atoms with Gasteiger partial charge in [0.05, 0.1) is 18.2 Å². The Balaban J connectivity index is 1.55. The smallest absolute Gasteiger partial charge is 0.186 e. The summed E-state index contributed by atoms with van der Waals surface area (Å²) in [5, 5.41) is 0. The Labute approximate surface area is 214 Å². The summed E-state index contributed by atoms with van der Waals surface area (Å²) in [5.41, 5.74) is 2.61. The van der Waals surface area contributed by atoms with Gasteiger partial charge in [-0.15, -0.1) is 0 Å². The quantitative estimate of drug-likeness (QED) is 0.267. The Morgan fingerprint density at radius 2 is 1.57 bits per heavy atom. The number of furan rings is 1. The van der Waals surface area contributed by atoms with E-state index in [0.717, 1.165) is 16.8 Å². The molecule has 3 aliphatic rings. The van der Waals surface area contributed by atoms with Crippen molar-refractivity contribution in [3.8, 4) is 0 Å². The van der Waals surface area contributed by atoms with E-state index in [0.29, 0.717) is 22.5 Å². The summed E-state index contributed by atoms with van der Waals surface area (Å²) in [5.74, 6) is -1.02. The zero-order valence-electron chi connectivity index (χ0n) is 20.1. The zero-order chi connectivity index (χ0) is 25.3. The van der Waals surface area contributed by atoms with Crippen LogP contribution >= 0.6 is 0 Å². The fourth-order valence-electron chi connectivity index (χ4n) is 6.62. The number of Topliss-reactive ketones (excluding diaryl/α,β-unsaturated/α-hetero) is 3. The van der Waals surface area contributed by atoms with E-state index in [-0.39, 0.29) is 17.3 Å². The Morgan fingerprint density at radius 3 is 2.24 bits per heavy atom. The molecule has 180 valence electrons. The van der Waals surface area contributed by atoms with Crippen LogP contribution in [0.4, 0.5) is 5.69 Å². The molecule has 0 radical (unpaired) electrons. The van der Waals surface area contributed by atoms with E-state index in [4.69, 9.17) is 4.42 Å². The molecular weight excluding hydrogens is 462 g/mol. The SMILES string of the molecule is Cc1ccc2c(c1)N1[C@@H](C(=O)c3ccccc3)[C@H](c3ccco3)C3(C(=O)c4ccccc4C3=O)[C@H]1C=C2. The fraction of sp³-hybridized carbons (Fsp3) is 0.156. The third-order valence-corrected chi connectivity index (χ3v) is 8.14. The van der Waals surface area contributed by atoms with E-state index in [9.17, 15) is 14.4 Å². The van der Waals surface area contributed by atoms with Gasteiger partial charge < -0.3 is 9.32 Å². The Bertz CT molecular complexity index is 1580. The van der Waals surface area contributed by atoms with Crippen molar-refractivity contribution in [3.63, 3.8) is 0 Å². The third kappa shape index (κ3) is 2.77. The first-order valence-corrected chi connectivity index (χ1v) is 12.4. The van der Waals surface area contributed by atoms with Crippen LogP contribution in [-0.2, 0) is 0 Å². The highest BCUT2D eigenvalue weighted by Gasteiger charge is 2.72. The topological polar surface area (TPSA) is 67.6 Å². The highest BCUT2D eigenvalue weighted by molar-refractivity contribution is 6.32. The fourth-order valence-corrected chi connectivity index (χ4v) is 6.62. The van der Waals surface area contributed by atoms with Gasteiger partial charge in [0.25, 0.3) is 0 Å². The molecule has 0 saturated carbocycles. The van der Waals surface area contributed by atoms with Crippen molar-refractivity contribution in [2.45, 2.75) is 24.9 Å². The number of carbonyl (C=O) groups is 3. The van der Waals surface area contributed by atoms with Crippen LogP contribution in [0, 0.1) is 12.3 Å². The summed E-state index contributed by atoms with van der Waals surface area (Å²) in [6.07, 6.45) is 5.43. The maximum atomic E-state index is 14.4. The van der Waals surface area contributed by atoms with Crippen molar-refractivity contribution >= 4 is 29.1 Å². The Hall–Kier alpha value is -4.51. The second-order valence-corrected chi connectivity index (χ2v) is 10.0. The Morgan fingerprint density at radius 1 is 0.865 bits per heavy atom. The zero-order valence-corrected chi connectivity index (χ0v) is 20.1. The van der Waals surface area contributed by atoms with Crippen LogP contribution in [0.3, 0.4) is 0 Å². The van der Waals surface area contributed by atoms with E-state index in [1.54, 1.807) is 48.5 Å². The molecule has 1 aromatic heterocycles. The second kappa shape index (κ2) is 7.74. The summed E-state index contributed by atoms with van der Waals surface area (Å²) in [7, 11) is 0. The van der Waals surface area contributed by atoms with Crippen LogP contribution in [0.1, 0.15) is 53.9 Å². The number of benzene rings is 3. The van der Waals surface area contributed by atoms with Gasteiger partial charge in [-0.25, -0.2) is 0 Å². The predicted octanol–water partition coefficient (Wildman–Crippen LogP) is 5.90. The minimum Gasteiger partial charge on any atom is -0.469 e. The molecule has 0 unspecified atom stereocenters. The lowest BCUT2D eigenvalue weighted by atomic mass is 9.65. The molecule has 0 bridgehead atoms. The first kappa shape index (κ1) is 21.7. The minimum atomic E-state index is -1.53. The van der Waals surface area contributed by atoms with Gasteiger partial charge in [0, 0.05) is 22.4 Å². The molecule has 0 amide bonds. The van der Waals surface area contributed by atoms with Gasteiger partial charge >= 0.3 is 0 Å². The highest BCUT2D eigenvalue weighted by atomic mass is 16.3. The first-order chi connectivity index (χ1) is 18.0. The van der Waals surface area contributed by atoms with Crippen molar-refractivity contribution < 1.29 is 18.8 Å². The number of anilines is 1. The van der Waals surface area contributed by atoms with Gasteiger partial charge in [0.15, 0.2) is 17.3 Å². The van der Waals surface area contributed by atoms with Gasteiger partial charge in [-0.2, -0.15) is 0 Å². The molecular formula is C32H23NO4. The number of carbonyl (C=O) groups excluding carboxylic acids is 3. The number of aryl methyl sites for hydroxylation is 1. The van der Waals surface area contributed by atoms with E-state index in [2.05, 4.69) is 0 Å². The predicted molar refractivity (Wildman–Crippen MR) is 140 cm³/mol. The standard InChI is InChI=1S/C32H23NO4/c1-19-13-14-20-15-16-26-32(30(35)22-10-5-6-11-23(22)31(32)36)27(25-12-7-17-37-25)28(33(26)24(20)18-19)29(34)21-8-3-2-4-9-21/h2-18,26-28H,1H3/t26-,27+,28-/m1/s1. The highest BCUT2D eigenvalue weighted by Crippen LogP contribution is 2.61. The van der Waals surface area contributed by atoms with Crippen LogP contribution in [0.2, 0.25) is 0 Å². The number of fused-ring (bicyclic) bond motifs is 5. The van der Waals surface area contributed by atoms with Crippen molar-refractivity contribution in [2.75, 3.05) is 4.90 Å². The molecule has 1 aliphatic carbocycles. The summed E-state index contributed by atoms with van der Waals surface area (Å²) in [6, 6.07) is 24.2. The lowest BCUT2D eigenvalue weighted by molar-refractivity contribution is 0.0652. The summed E-state index contributed by atoms with van der Waals surface area (Å²) in [6.45, 7) is 2.00. The molecule has 5 heteroatoms. The van der Waals surface area contributed by atoms with Gasteiger partial charge in [0.1, 0.15) is 17.2 Å². The Kier molecular flexibility index (Phi) is 4.55. The molecule has 3 atom stereocenters. The van der Waals surface area contributed by atoms with Crippen molar-refractivity contribution in [3.05, 3.63) is 131 Å².